The number of carbonyl (C=O) groups excluding carboxylic acids is 1. The second kappa shape index (κ2) is 8.69. The molecular formula is C21H29N3OS. The van der Waals surface area contributed by atoms with E-state index >= 15 is 0 Å². The van der Waals surface area contributed by atoms with Gasteiger partial charge in [-0.3, -0.25) is 4.90 Å². The van der Waals surface area contributed by atoms with Crippen LogP contribution in [0.25, 0.3) is 0 Å². The molecule has 1 aliphatic heterocycles. The number of carbonyl (C=O) groups is 1. The van der Waals surface area contributed by atoms with Crippen molar-refractivity contribution in [1.29, 1.82) is 0 Å². The summed E-state index contributed by atoms with van der Waals surface area (Å²) in [6.45, 7) is 10.9. The summed E-state index contributed by atoms with van der Waals surface area (Å²) < 4.78 is 0. The Morgan fingerprint density at radius 3 is 2.62 bits per heavy atom. The maximum Gasteiger partial charge on any atom is 0.317 e. The van der Waals surface area contributed by atoms with Crippen LogP contribution in [0.1, 0.15) is 40.3 Å². The van der Waals surface area contributed by atoms with E-state index in [2.05, 4.69) is 67.4 Å². The van der Waals surface area contributed by atoms with Crippen molar-refractivity contribution in [3.63, 3.8) is 0 Å². The Kier molecular flexibility index (Phi) is 6.33. The van der Waals surface area contributed by atoms with Crippen LogP contribution in [0.3, 0.4) is 0 Å². The summed E-state index contributed by atoms with van der Waals surface area (Å²) >= 11 is 1.79. The molecule has 140 valence electrons. The predicted molar refractivity (Wildman–Crippen MR) is 109 cm³/mol. The first-order valence-corrected chi connectivity index (χ1v) is 10.2. The van der Waals surface area contributed by atoms with E-state index in [1.54, 1.807) is 11.3 Å². The van der Waals surface area contributed by atoms with Crippen molar-refractivity contribution < 1.29 is 4.79 Å². The van der Waals surface area contributed by atoms with Crippen LogP contribution in [0.4, 0.5) is 4.79 Å². The summed E-state index contributed by atoms with van der Waals surface area (Å²) in [7, 11) is 0. The molecule has 2 heterocycles. The zero-order valence-corrected chi connectivity index (χ0v) is 16.8. The zero-order valence-electron chi connectivity index (χ0n) is 16.0. The van der Waals surface area contributed by atoms with E-state index in [1.165, 1.54) is 20.9 Å². The molecule has 1 saturated heterocycles. The fourth-order valence-electron chi connectivity index (χ4n) is 3.61. The molecule has 1 aromatic heterocycles. The van der Waals surface area contributed by atoms with Gasteiger partial charge in [-0.15, -0.1) is 11.3 Å². The van der Waals surface area contributed by atoms with E-state index < -0.39 is 0 Å². The van der Waals surface area contributed by atoms with Crippen LogP contribution in [0, 0.1) is 13.8 Å². The first-order valence-electron chi connectivity index (χ1n) is 9.41. The zero-order chi connectivity index (χ0) is 18.5. The van der Waals surface area contributed by atoms with Crippen LogP contribution in [0.5, 0.6) is 0 Å². The summed E-state index contributed by atoms with van der Waals surface area (Å²) in [5.41, 5.74) is 2.57. The second-order valence-corrected chi connectivity index (χ2v) is 8.60. The van der Waals surface area contributed by atoms with Crippen LogP contribution in [-0.4, -0.2) is 42.0 Å². The number of thiophene rings is 1. The smallest absolute Gasteiger partial charge is 0.317 e. The van der Waals surface area contributed by atoms with Crippen molar-refractivity contribution >= 4 is 17.4 Å². The lowest BCUT2D eigenvalue weighted by molar-refractivity contribution is 0.194. The molecule has 2 aromatic rings. The average Bonchev–Trinajstić information content (AvgIpc) is 2.81. The monoisotopic (exact) mass is 371 g/mol. The highest BCUT2D eigenvalue weighted by Gasteiger charge is 2.21. The van der Waals surface area contributed by atoms with Gasteiger partial charge in [0.2, 0.25) is 0 Å². The molecule has 1 aliphatic rings. The number of hydrogen-bond donors (Lipinski definition) is 1. The third-order valence-corrected chi connectivity index (χ3v) is 5.99. The molecule has 3 rings (SSSR count). The molecule has 1 atom stereocenters. The summed E-state index contributed by atoms with van der Waals surface area (Å²) in [5, 5.41) is 3.19. The van der Waals surface area contributed by atoms with Gasteiger partial charge in [0.1, 0.15) is 0 Å². The molecular weight excluding hydrogens is 342 g/mol. The second-order valence-electron chi connectivity index (χ2n) is 7.14. The Bertz CT molecular complexity index is 728. The van der Waals surface area contributed by atoms with Crippen LogP contribution in [0.15, 0.2) is 36.4 Å². The van der Waals surface area contributed by atoms with E-state index in [4.69, 9.17) is 0 Å². The van der Waals surface area contributed by atoms with Crippen molar-refractivity contribution in [2.45, 2.75) is 39.8 Å². The van der Waals surface area contributed by atoms with Crippen LogP contribution < -0.4 is 5.32 Å². The molecule has 0 bridgehead atoms. The van der Waals surface area contributed by atoms with Crippen LogP contribution >= 0.6 is 11.3 Å². The third kappa shape index (κ3) is 4.86. The minimum Gasteiger partial charge on any atom is -0.331 e. The fourth-order valence-corrected chi connectivity index (χ4v) is 4.63. The van der Waals surface area contributed by atoms with Crippen LogP contribution in [-0.2, 0) is 6.54 Å². The lowest BCUT2D eigenvalue weighted by Gasteiger charge is -2.24. The van der Waals surface area contributed by atoms with E-state index in [0.29, 0.717) is 0 Å². The first-order chi connectivity index (χ1) is 12.5. The lowest BCUT2D eigenvalue weighted by Crippen LogP contribution is -2.42. The molecule has 0 saturated carbocycles. The Morgan fingerprint density at radius 2 is 1.92 bits per heavy atom. The molecule has 26 heavy (non-hydrogen) atoms. The molecule has 0 spiro atoms. The number of amides is 2. The number of rotatable bonds is 4. The van der Waals surface area contributed by atoms with Gasteiger partial charge in [0, 0.05) is 42.5 Å². The molecule has 1 unspecified atom stereocenters. The number of hydrogen-bond acceptors (Lipinski definition) is 3. The highest BCUT2D eigenvalue weighted by atomic mass is 32.1. The number of benzene rings is 1. The maximum atomic E-state index is 12.7. The quantitative estimate of drug-likeness (QED) is 0.867. The SMILES string of the molecule is Cc1cc(C(C)NC(=O)N2CCCN(Cc3ccccc3)CC2)c(C)s1. The molecule has 5 heteroatoms. The molecule has 4 nitrogen and oxygen atoms in total. The minimum atomic E-state index is 0.0520. The minimum absolute atomic E-state index is 0.0520. The topological polar surface area (TPSA) is 35.6 Å². The van der Waals surface area contributed by atoms with Gasteiger partial charge in [0.05, 0.1) is 6.04 Å². The highest BCUT2D eigenvalue weighted by molar-refractivity contribution is 7.12. The summed E-state index contributed by atoms with van der Waals surface area (Å²) in [6, 6.07) is 12.9. The molecule has 0 radical (unpaired) electrons. The molecule has 1 aromatic carbocycles. The largest absolute Gasteiger partial charge is 0.331 e. The number of urea groups is 1. The number of aryl methyl sites for hydroxylation is 2. The molecule has 2 amide bonds. The summed E-state index contributed by atoms with van der Waals surface area (Å²) in [4.78, 5) is 19.7. The predicted octanol–water partition coefficient (Wildman–Crippen LogP) is 4.34. The van der Waals surface area contributed by atoms with Crippen molar-refractivity contribution in [2.24, 2.45) is 0 Å². The Hall–Kier alpha value is -1.85. The Morgan fingerprint density at radius 1 is 1.15 bits per heavy atom. The van der Waals surface area contributed by atoms with Crippen LogP contribution in [0.2, 0.25) is 0 Å². The third-order valence-electron chi connectivity index (χ3n) is 5.01. The first kappa shape index (κ1) is 18.9. The average molecular weight is 372 g/mol. The van der Waals surface area contributed by atoms with E-state index in [0.717, 1.165) is 39.1 Å². The fraction of sp³-hybridized carbons (Fsp3) is 0.476. The van der Waals surface area contributed by atoms with Crippen molar-refractivity contribution in [3.8, 4) is 0 Å². The summed E-state index contributed by atoms with van der Waals surface area (Å²) in [5.74, 6) is 0. The van der Waals surface area contributed by atoms with Crippen molar-refractivity contribution in [1.82, 2.24) is 15.1 Å². The van der Waals surface area contributed by atoms with Gasteiger partial charge in [-0.1, -0.05) is 30.3 Å². The Labute approximate surface area is 160 Å². The lowest BCUT2D eigenvalue weighted by atomic mass is 10.1. The molecule has 1 N–H and O–H groups in total. The van der Waals surface area contributed by atoms with Crippen molar-refractivity contribution in [2.75, 3.05) is 26.2 Å². The highest BCUT2D eigenvalue weighted by Crippen LogP contribution is 2.26. The number of nitrogens with one attached hydrogen (secondary N) is 1. The normalized spacial score (nSPS) is 17.0. The molecule has 1 fully saturated rings. The van der Waals surface area contributed by atoms with Gasteiger partial charge in [-0.2, -0.15) is 0 Å². The van der Waals surface area contributed by atoms with Crippen molar-refractivity contribution in [3.05, 3.63) is 57.3 Å². The van der Waals surface area contributed by atoms with Gasteiger partial charge < -0.3 is 10.2 Å². The van der Waals surface area contributed by atoms with E-state index in [9.17, 15) is 4.79 Å². The van der Waals surface area contributed by atoms with Gasteiger partial charge in [0.25, 0.3) is 0 Å². The van der Waals surface area contributed by atoms with Gasteiger partial charge in [0.15, 0.2) is 0 Å². The molecule has 0 aliphatic carbocycles. The number of nitrogens with zero attached hydrogens (tertiary/aromatic N) is 2. The van der Waals surface area contributed by atoms with E-state index in [1.807, 2.05) is 4.90 Å². The Balaban J connectivity index is 1.53. The van der Waals surface area contributed by atoms with Gasteiger partial charge in [-0.25, -0.2) is 4.79 Å². The van der Waals surface area contributed by atoms with E-state index in [-0.39, 0.29) is 12.1 Å². The summed E-state index contributed by atoms with van der Waals surface area (Å²) in [6.07, 6.45) is 1.02. The van der Waals surface area contributed by atoms with Gasteiger partial charge >= 0.3 is 6.03 Å². The maximum absolute atomic E-state index is 12.7. The standard InChI is InChI=1S/C21H29N3OS/c1-16-14-20(18(3)26-16)17(2)22-21(25)24-11-7-10-23(12-13-24)15-19-8-5-4-6-9-19/h4-6,8-9,14,17H,7,10-13,15H2,1-3H3,(H,22,25). The van der Waals surface area contributed by atoms with Gasteiger partial charge in [-0.05, 0) is 44.4 Å².